The zero-order valence-corrected chi connectivity index (χ0v) is 14.9. The predicted octanol–water partition coefficient (Wildman–Crippen LogP) is 1.52. The Bertz CT molecular complexity index is 843. The van der Waals surface area contributed by atoms with E-state index in [0.29, 0.717) is 25.3 Å². The molecule has 2 N–H and O–H groups in total. The first-order valence-corrected chi connectivity index (χ1v) is 8.33. The SMILES string of the molecule is Cc1nc(C)c(-c2nnc(NC(=O)CCCn3cncn3)o2)s1.O=CO. The topological polar surface area (TPSA) is 149 Å². The number of carbonyl (C=O) groups excluding carboxylic acids is 1. The summed E-state index contributed by atoms with van der Waals surface area (Å²) in [6.45, 7) is 4.17. The average Bonchev–Trinajstić information content (AvgIpc) is 3.30. The number of nitrogens with zero attached hydrogens (tertiary/aromatic N) is 6. The summed E-state index contributed by atoms with van der Waals surface area (Å²) >= 11 is 1.48. The molecule has 0 bridgehead atoms. The molecule has 138 valence electrons. The van der Waals surface area contributed by atoms with Gasteiger partial charge in [0.2, 0.25) is 5.91 Å². The van der Waals surface area contributed by atoms with Gasteiger partial charge in [0.15, 0.2) is 0 Å². The lowest BCUT2D eigenvalue weighted by atomic mass is 10.3. The molecule has 0 saturated carbocycles. The second-order valence-electron chi connectivity index (χ2n) is 4.98. The van der Waals surface area contributed by atoms with Gasteiger partial charge in [-0.05, 0) is 20.3 Å². The molecule has 0 fully saturated rings. The molecule has 11 nitrogen and oxygen atoms in total. The molecule has 0 saturated heterocycles. The van der Waals surface area contributed by atoms with Gasteiger partial charge in [-0.15, -0.1) is 16.4 Å². The van der Waals surface area contributed by atoms with Gasteiger partial charge in [-0.3, -0.25) is 19.6 Å². The monoisotopic (exact) mass is 379 g/mol. The Balaban J connectivity index is 0.000000758. The highest BCUT2D eigenvalue weighted by atomic mass is 32.1. The highest BCUT2D eigenvalue weighted by molar-refractivity contribution is 7.15. The zero-order chi connectivity index (χ0) is 18.9. The summed E-state index contributed by atoms with van der Waals surface area (Å²) < 4.78 is 7.15. The highest BCUT2D eigenvalue weighted by Gasteiger charge is 2.16. The Labute approximate surface area is 152 Å². The van der Waals surface area contributed by atoms with Crippen LogP contribution < -0.4 is 5.32 Å². The number of aryl methyl sites for hydroxylation is 3. The van der Waals surface area contributed by atoms with Crippen molar-refractivity contribution in [1.82, 2.24) is 29.9 Å². The largest absolute Gasteiger partial charge is 0.483 e. The summed E-state index contributed by atoms with van der Waals surface area (Å²) in [6.07, 6.45) is 4.05. The predicted molar refractivity (Wildman–Crippen MR) is 91.5 cm³/mol. The number of hydrogen-bond acceptors (Lipinski definition) is 9. The van der Waals surface area contributed by atoms with E-state index in [9.17, 15) is 4.79 Å². The summed E-state index contributed by atoms with van der Waals surface area (Å²) in [5.74, 6) is 0.184. The van der Waals surface area contributed by atoms with Crippen molar-refractivity contribution in [3.05, 3.63) is 23.4 Å². The van der Waals surface area contributed by atoms with Crippen LogP contribution >= 0.6 is 11.3 Å². The standard InChI is InChI=1S/C13H15N7O2S.CH2O2/c1-8-11(23-9(2)16-8)12-18-19-13(22-12)17-10(21)4-3-5-20-7-14-6-15-20;2-1-3/h6-7H,3-5H2,1-2H3,(H,17,19,21);1H,(H,2,3). The summed E-state index contributed by atoms with van der Waals surface area (Å²) in [7, 11) is 0. The van der Waals surface area contributed by atoms with Crippen molar-refractivity contribution in [3.8, 4) is 10.8 Å². The maximum atomic E-state index is 11.9. The van der Waals surface area contributed by atoms with Crippen LogP contribution in [0.1, 0.15) is 23.5 Å². The van der Waals surface area contributed by atoms with Gasteiger partial charge < -0.3 is 9.52 Å². The van der Waals surface area contributed by atoms with Crippen molar-refractivity contribution < 1.29 is 19.1 Å². The van der Waals surface area contributed by atoms with Crippen molar-refractivity contribution in [3.63, 3.8) is 0 Å². The van der Waals surface area contributed by atoms with Crippen LogP contribution in [-0.2, 0) is 16.1 Å². The molecular formula is C14H17N7O4S. The quantitative estimate of drug-likeness (QED) is 0.608. The molecule has 1 amide bonds. The van der Waals surface area contributed by atoms with Crippen LogP contribution in [0.15, 0.2) is 17.1 Å². The lowest BCUT2D eigenvalue weighted by Crippen LogP contribution is -2.12. The number of anilines is 1. The van der Waals surface area contributed by atoms with E-state index in [-0.39, 0.29) is 18.4 Å². The lowest BCUT2D eigenvalue weighted by Gasteiger charge is -2.00. The van der Waals surface area contributed by atoms with Gasteiger partial charge in [0, 0.05) is 13.0 Å². The first-order valence-electron chi connectivity index (χ1n) is 7.51. The molecule has 3 aromatic heterocycles. The van der Waals surface area contributed by atoms with Crippen LogP contribution in [0.2, 0.25) is 0 Å². The van der Waals surface area contributed by atoms with Crippen LogP contribution in [0.25, 0.3) is 10.8 Å². The van der Waals surface area contributed by atoms with E-state index in [0.717, 1.165) is 15.6 Å². The minimum absolute atomic E-state index is 0.0937. The molecule has 0 radical (unpaired) electrons. The molecule has 0 spiro atoms. The molecular weight excluding hydrogens is 362 g/mol. The number of carbonyl (C=O) groups is 2. The Hall–Kier alpha value is -3.15. The van der Waals surface area contributed by atoms with Gasteiger partial charge in [-0.2, -0.15) is 5.10 Å². The summed E-state index contributed by atoms with van der Waals surface area (Å²) in [5.41, 5.74) is 0.835. The first-order chi connectivity index (χ1) is 12.5. The molecule has 26 heavy (non-hydrogen) atoms. The summed E-state index contributed by atoms with van der Waals surface area (Å²) in [4.78, 5) is 29.2. The van der Waals surface area contributed by atoms with Crippen molar-refractivity contribution in [2.45, 2.75) is 33.2 Å². The fourth-order valence-electron chi connectivity index (χ4n) is 2.03. The number of rotatable bonds is 6. The average molecular weight is 379 g/mol. The molecule has 3 aromatic rings. The number of thiazole rings is 1. The molecule has 12 heteroatoms. The van der Waals surface area contributed by atoms with Crippen molar-refractivity contribution >= 4 is 29.7 Å². The molecule has 0 aliphatic heterocycles. The normalized spacial score (nSPS) is 10.1. The van der Waals surface area contributed by atoms with E-state index in [1.54, 1.807) is 11.0 Å². The molecule has 0 unspecified atom stereocenters. The van der Waals surface area contributed by atoms with E-state index in [2.05, 4.69) is 30.6 Å². The number of aromatic nitrogens is 6. The second kappa shape index (κ2) is 9.36. The van der Waals surface area contributed by atoms with Gasteiger partial charge in [0.05, 0.1) is 10.7 Å². The Morgan fingerprint density at radius 2 is 2.19 bits per heavy atom. The molecule has 3 heterocycles. The number of nitrogens with one attached hydrogen (secondary N) is 1. The van der Waals surface area contributed by atoms with Crippen molar-refractivity contribution in [1.29, 1.82) is 0 Å². The minimum atomic E-state index is -0.250. The third-order valence-corrected chi connectivity index (χ3v) is 4.09. The maximum Gasteiger partial charge on any atom is 0.322 e. The van der Waals surface area contributed by atoms with E-state index in [1.807, 2.05) is 13.8 Å². The Morgan fingerprint density at radius 1 is 1.42 bits per heavy atom. The lowest BCUT2D eigenvalue weighted by molar-refractivity contribution is -0.123. The van der Waals surface area contributed by atoms with Gasteiger partial charge in [0.1, 0.15) is 17.5 Å². The summed E-state index contributed by atoms with van der Waals surface area (Å²) in [6, 6.07) is 0.0937. The zero-order valence-electron chi connectivity index (χ0n) is 14.1. The first kappa shape index (κ1) is 19.2. The van der Waals surface area contributed by atoms with Crippen molar-refractivity contribution in [2.24, 2.45) is 0 Å². The van der Waals surface area contributed by atoms with Gasteiger partial charge in [-0.1, -0.05) is 5.10 Å². The summed E-state index contributed by atoms with van der Waals surface area (Å²) in [5, 5.41) is 22.2. The third kappa shape index (κ3) is 5.44. The van der Waals surface area contributed by atoms with Gasteiger partial charge >= 0.3 is 6.01 Å². The van der Waals surface area contributed by atoms with E-state index >= 15 is 0 Å². The van der Waals surface area contributed by atoms with Crippen LogP contribution in [0.5, 0.6) is 0 Å². The third-order valence-electron chi connectivity index (χ3n) is 3.03. The van der Waals surface area contributed by atoms with Crippen LogP contribution in [0.3, 0.4) is 0 Å². The fraction of sp³-hybridized carbons (Fsp3) is 0.357. The van der Waals surface area contributed by atoms with Crippen LogP contribution in [-0.4, -0.2) is 47.4 Å². The van der Waals surface area contributed by atoms with E-state index in [1.165, 1.54) is 17.7 Å². The van der Waals surface area contributed by atoms with Crippen molar-refractivity contribution in [2.75, 3.05) is 5.32 Å². The second-order valence-corrected chi connectivity index (χ2v) is 6.18. The fourth-order valence-corrected chi connectivity index (χ4v) is 2.87. The molecule has 0 aliphatic rings. The van der Waals surface area contributed by atoms with Gasteiger partial charge in [-0.25, -0.2) is 9.97 Å². The Morgan fingerprint density at radius 3 is 2.81 bits per heavy atom. The maximum absolute atomic E-state index is 11.9. The van der Waals surface area contributed by atoms with E-state index < -0.39 is 0 Å². The van der Waals surface area contributed by atoms with Gasteiger partial charge in [0.25, 0.3) is 12.4 Å². The minimum Gasteiger partial charge on any atom is -0.483 e. The number of hydrogen-bond donors (Lipinski definition) is 2. The molecule has 3 rings (SSSR count). The molecule has 0 aromatic carbocycles. The molecule has 0 atom stereocenters. The Kier molecular flexibility index (Phi) is 6.91. The van der Waals surface area contributed by atoms with E-state index in [4.69, 9.17) is 14.3 Å². The smallest absolute Gasteiger partial charge is 0.322 e. The van der Waals surface area contributed by atoms with Crippen LogP contribution in [0.4, 0.5) is 6.01 Å². The number of amides is 1. The number of carboxylic acid groups (broad SMARTS) is 1. The molecule has 0 aliphatic carbocycles. The van der Waals surface area contributed by atoms with Crippen LogP contribution in [0, 0.1) is 13.8 Å². The highest BCUT2D eigenvalue weighted by Crippen LogP contribution is 2.29.